The van der Waals surface area contributed by atoms with E-state index < -0.39 is 0 Å². The van der Waals surface area contributed by atoms with Gasteiger partial charge in [-0.05, 0) is 214 Å². The Morgan fingerprint density at radius 2 is 0.402 bits per heavy atom. The molecule has 0 spiro atoms. The Hall–Kier alpha value is -14.8. The molecule has 21 aromatic rings. The molecule has 112 heavy (non-hydrogen) atoms. The van der Waals surface area contributed by atoms with Crippen LogP contribution >= 0.6 is 0 Å². The van der Waals surface area contributed by atoms with Gasteiger partial charge in [-0.25, -0.2) is 0 Å². The predicted octanol–water partition coefficient (Wildman–Crippen LogP) is 29.9. The molecule has 0 aliphatic carbocycles. The molecule has 0 saturated carbocycles. The minimum absolute atomic E-state index is 1.07. The quantitative estimate of drug-likeness (QED) is 0.102. The second kappa shape index (κ2) is 27.7. The zero-order valence-corrected chi connectivity index (χ0v) is 61.4. The van der Waals surface area contributed by atoms with E-state index in [9.17, 15) is 0 Å². The molecule has 2 heterocycles. The van der Waals surface area contributed by atoms with Crippen molar-refractivity contribution < 1.29 is 0 Å². The Labute approximate surface area is 650 Å². The Morgan fingerprint density at radius 1 is 0.143 bits per heavy atom. The predicted molar refractivity (Wildman–Crippen MR) is 475 cm³/mol. The number of nitrogens with zero attached hydrogens (tertiary/aromatic N) is 4. The Kier molecular flexibility index (Phi) is 16.2. The van der Waals surface area contributed by atoms with Crippen LogP contribution in [-0.2, 0) is 0 Å². The Balaban J connectivity index is 0.601. The van der Waals surface area contributed by atoms with Gasteiger partial charge in [-0.2, -0.15) is 0 Å². The molecule has 524 valence electrons. The summed E-state index contributed by atoms with van der Waals surface area (Å²) < 4.78 is 4.90. The molecule has 0 saturated heterocycles. The molecule has 0 amide bonds. The molecule has 0 N–H and O–H groups in total. The molecule has 0 unspecified atom stereocenters. The lowest BCUT2D eigenvalue weighted by atomic mass is 9.94. The lowest BCUT2D eigenvalue weighted by Gasteiger charge is -2.26. The number of anilines is 6. The van der Waals surface area contributed by atoms with Crippen molar-refractivity contribution >= 4 is 110 Å². The van der Waals surface area contributed by atoms with E-state index in [1.807, 2.05) is 0 Å². The summed E-state index contributed by atoms with van der Waals surface area (Å²) in [7, 11) is 0. The lowest BCUT2D eigenvalue weighted by Crippen LogP contribution is -2.10. The van der Waals surface area contributed by atoms with Crippen molar-refractivity contribution in [2.45, 2.75) is 0 Å². The summed E-state index contributed by atoms with van der Waals surface area (Å²) in [5.41, 5.74) is 29.8. The van der Waals surface area contributed by atoms with Gasteiger partial charge in [0, 0.05) is 66.8 Å². The third-order valence-electron chi connectivity index (χ3n) is 22.8. The molecular formula is C108H72N4. The second-order valence-corrected chi connectivity index (χ2v) is 29.1. The van der Waals surface area contributed by atoms with Crippen LogP contribution in [-0.4, -0.2) is 9.13 Å². The maximum absolute atomic E-state index is 2.48. The van der Waals surface area contributed by atoms with E-state index in [1.54, 1.807) is 0 Å². The van der Waals surface area contributed by atoms with E-state index in [2.05, 4.69) is 456 Å². The van der Waals surface area contributed by atoms with E-state index in [0.717, 1.165) is 89.9 Å². The van der Waals surface area contributed by atoms with Crippen molar-refractivity contribution in [3.05, 3.63) is 437 Å². The van der Waals surface area contributed by atoms with Crippen LogP contribution in [0.5, 0.6) is 0 Å². The molecular weight excluding hydrogens is 1350 g/mol. The highest BCUT2D eigenvalue weighted by Crippen LogP contribution is 2.46. The average Bonchev–Trinajstić information content (AvgIpc) is 1.59. The minimum Gasteiger partial charge on any atom is -0.311 e. The summed E-state index contributed by atoms with van der Waals surface area (Å²) in [6.45, 7) is 0. The fourth-order valence-electron chi connectivity index (χ4n) is 17.4. The molecule has 0 radical (unpaired) electrons. The van der Waals surface area contributed by atoms with Crippen molar-refractivity contribution in [3.8, 4) is 89.3 Å². The third kappa shape index (κ3) is 11.6. The fraction of sp³-hybridized carbons (Fsp3) is 0. The number of rotatable bonds is 15. The first-order valence-corrected chi connectivity index (χ1v) is 38.5. The Morgan fingerprint density at radius 3 is 0.821 bits per heavy atom. The number of fused-ring (bicyclic) bond motifs is 9. The molecule has 0 fully saturated rings. The highest BCUT2D eigenvalue weighted by Gasteiger charge is 2.22. The van der Waals surface area contributed by atoms with Crippen molar-refractivity contribution in [2.24, 2.45) is 0 Å². The molecule has 21 rings (SSSR count). The van der Waals surface area contributed by atoms with Gasteiger partial charge in [0.05, 0.1) is 33.4 Å². The van der Waals surface area contributed by atoms with Crippen LogP contribution in [0.25, 0.3) is 165 Å². The largest absolute Gasteiger partial charge is 0.311 e. The average molecular weight is 1430 g/mol. The fourth-order valence-corrected chi connectivity index (χ4v) is 17.4. The summed E-state index contributed by atoms with van der Waals surface area (Å²) in [4.78, 5) is 4.75. The zero-order valence-electron chi connectivity index (χ0n) is 61.4. The summed E-state index contributed by atoms with van der Waals surface area (Å²) in [6.07, 6.45) is 0. The molecule has 0 atom stereocenters. The molecule has 19 aromatic carbocycles. The zero-order chi connectivity index (χ0) is 74.0. The number of hydrogen-bond acceptors (Lipinski definition) is 2. The van der Waals surface area contributed by atoms with Crippen LogP contribution in [0, 0.1) is 0 Å². The van der Waals surface area contributed by atoms with Gasteiger partial charge in [0.1, 0.15) is 0 Å². The van der Waals surface area contributed by atoms with Crippen LogP contribution in [0.3, 0.4) is 0 Å². The van der Waals surface area contributed by atoms with Crippen molar-refractivity contribution in [1.29, 1.82) is 0 Å². The first-order valence-electron chi connectivity index (χ1n) is 38.5. The van der Waals surface area contributed by atoms with Gasteiger partial charge in [0.15, 0.2) is 0 Å². The van der Waals surface area contributed by atoms with Crippen molar-refractivity contribution in [3.63, 3.8) is 0 Å². The van der Waals surface area contributed by atoms with Gasteiger partial charge >= 0.3 is 0 Å². The summed E-state index contributed by atoms with van der Waals surface area (Å²) in [6, 6.07) is 160. The van der Waals surface area contributed by atoms with Gasteiger partial charge in [0.25, 0.3) is 0 Å². The number of para-hydroxylation sites is 5. The van der Waals surface area contributed by atoms with E-state index in [-0.39, 0.29) is 0 Å². The van der Waals surface area contributed by atoms with Crippen LogP contribution in [0.2, 0.25) is 0 Å². The molecule has 0 aliphatic rings. The standard InChI is InChI=1S/C108H72N4/c1-2-21-73(22-3-1)74-43-57-85(58-44-74)109(89-65-51-80(52-66-89)97-30-8-13-38-103(97)111-105-40-15-10-32-99(105)100-33-11-16-41-106(100)111)86-63-49-79(50-64-86)95-37-20-27-84-71-82(55-69-96(84)95)83-56-70-102-101-34-12-17-42-107(101)112(108(102)72-83)104-39-14-9-31-98(104)81-53-67-90(68-54-81)110(87-59-45-77(46-60-87)93-35-18-25-75-23-4-6-28-91(75)93)88-61-47-78(48-62-88)94-36-19-26-76-24-5-7-29-92(76)94/h1-72H. The van der Waals surface area contributed by atoms with E-state index in [0.29, 0.717) is 0 Å². The summed E-state index contributed by atoms with van der Waals surface area (Å²) >= 11 is 0. The SMILES string of the molecule is c1ccc(-c2ccc(N(c3ccc(-c4ccccc4-n4c5ccccc5c5ccccc54)cc3)c3ccc(-c4cccc5cc(-c6ccc7c8ccccc8n(-c8ccccc8-c8ccc(N(c9ccc(-c%10cccc%11ccccc%10%11)cc9)c9ccc(-c%10cccc%11ccccc%10%11)cc9)cc8)c7c6)ccc45)cc3)cc2)cc1. The number of hydrogen-bond donors (Lipinski definition) is 0. The van der Waals surface area contributed by atoms with Crippen LogP contribution in [0.15, 0.2) is 437 Å². The topological polar surface area (TPSA) is 16.3 Å². The van der Waals surface area contributed by atoms with E-state index in [1.165, 1.54) is 109 Å². The van der Waals surface area contributed by atoms with Gasteiger partial charge in [-0.1, -0.05) is 322 Å². The van der Waals surface area contributed by atoms with Gasteiger partial charge in [-0.3, -0.25) is 0 Å². The van der Waals surface area contributed by atoms with Crippen LogP contribution in [0.4, 0.5) is 34.1 Å². The summed E-state index contributed by atoms with van der Waals surface area (Å²) in [5.74, 6) is 0. The third-order valence-corrected chi connectivity index (χ3v) is 22.8. The van der Waals surface area contributed by atoms with Crippen molar-refractivity contribution in [1.82, 2.24) is 9.13 Å². The molecule has 4 nitrogen and oxygen atoms in total. The van der Waals surface area contributed by atoms with Crippen molar-refractivity contribution in [2.75, 3.05) is 9.80 Å². The minimum atomic E-state index is 1.07. The van der Waals surface area contributed by atoms with Crippen LogP contribution in [0.1, 0.15) is 0 Å². The maximum atomic E-state index is 2.48. The Bertz CT molecular complexity index is 6950. The monoisotopic (exact) mass is 1420 g/mol. The van der Waals surface area contributed by atoms with Gasteiger partial charge in [-0.15, -0.1) is 0 Å². The highest BCUT2D eigenvalue weighted by atomic mass is 15.1. The smallest absolute Gasteiger partial charge is 0.0547 e. The number of benzene rings is 19. The normalized spacial score (nSPS) is 11.6. The van der Waals surface area contributed by atoms with E-state index >= 15 is 0 Å². The van der Waals surface area contributed by atoms with E-state index in [4.69, 9.17) is 0 Å². The highest BCUT2D eigenvalue weighted by molar-refractivity contribution is 6.12. The second-order valence-electron chi connectivity index (χ2n) is 29.1. The first kappa shape index (κ1) is 65.5. The molecule has 0 bridgehead atoms. The first-order chi connectivity index (χ1) is 55.5. The maximum Gasteiger partial charge on any atom is 0.0547 e. The molecule has 0 aliphatic heterocycles. The lowest BCUT2D eigenvalue weighted by molar-refractivity contribution is 1.18. The van der Waals surface area contributed by atoms with Gasteiger partial charge < -0.3 is 18.9 Å². The number of aromatic nitrogens is 2. The van der Waals surface area contributed by atoms with Crippen LogP contribution < -0.4 is 9.80 Å². The van der Waals surface area contributed by atoms with Gasteiger partial charge in [0.2, 0.25) is 0 Å². The summed E-state index contributed by atoms with van der Waals surface area (Å²) in [5, 5.41) is 12.3. The molecule has 2 aromatic heterocycles. The molecule has 4 heteroatoms.